The van der Waals surface area contributed by atoms with Gasteiger partial charge in [0, 0.05) is 12.1 Å². The number of ether oxygens (including phenoxy) is 2. The average molecular weight is 327 g/mol. The minimum absolute atomic E-state index is 0.128. The van der Waals surface area contributed by atoms with Gasteiger partial charge >= 0.3 is 5.97 Å². The fourth-order valence-electron chi connectivity index (χ4n) is 2.88. The van der Waals surface area contributed by atoms with E-state index < -0.39 is 11.6 Å². The minimum Gasteiger partial charge on any atom is -0.507 e. The van der Waals surface area contributed by atoms with E-state index in [9.17, 15) is 9.90 Å². The fraction of sp³-hybridized carbons (Fsp3) is 0.316. The number of hydrogen-bond donors (Lipinski definition) is 1. The Kier molecular flexibility index (Phi) is 4.20. The molecule has 24 heavy (non-hydrogen) atoms. The molecule has 1 aliphatic rings. The third-order valence-corrected chi connectivity index (χ3v) is 4.19. The van der Waals surface area contributed by atoms with E-state index in [0.717, 1.165) is 5.56 Å². The first kappa shape index (κ1) is 16.3. The van der Waals surface area contributed by atoms with Crippen LogP contribution in [0.2, 0.25) is 0 Å². The van der Waals surface area contributed by atoms with Gasteiger partial charge in [0.05, 0.1) is 5.56 Å². The molecule has 1 unspecified atom stereocenters. The molecule has 5 nitrogen and oxygen atoms in total. The molecule has 2 aromatic rings. The van der Waals surface area contributed by atoms with Crippen LogP contribution in [0.3, 0.4) is 0 Å². The molecular weight excluding hydrogens is 306 g/mol. The molecule has 0 radical (unpaired) electrons. The molecule has 0 saturated carbocycles. The van der Waals surface area contributed by atoms with E-state index in [-0.39, 0.29) is 5.75 Å². The zero-order valence-corrected chi connectivity index (χ0v) is 14.1. The molecule has 0 spiro atoms. The highest BCUT2D eigenvalue weighted by Crippen LogP contribution is 2.49. The highest BCUT2D eigenvalue weighted by atomic mass is 16.6. The summed E-state index contributed by atoms with van der Waals surface area (Å²) in [5.41, 5.74) is 0.827. The highest BCUT2D eigenvalue weighted by Gasteiger charge is 2.45. The maximum Gasteiger partial charge on any atom is 0.355 e. The summed E-state index contributed by atoms with van der Waals surface area (Å²) in [6.45, 7) is 2.64. The maximum absolute atomic E-state index is 12.7. The van der Waals surface area contributed by atoms with Crippen molar-refractivity contribution in [1.29, 1.82) is 0 Å². The third kappa shape index (κ3) is 2.71. The van der Waals surface area contributed by atoms with Crippen molar-refractivity contribution in [2.75, 3.05) is 27.2 Å². The molecule has 0 saturated heterocycles. The lowest BCUT2D eigenvalue weighted by atomic mass is 9.84. The van der Waals surface area contributed by atoms with Gasteiger partial charge in [0.1, 0.15) is 18.1 Å². The molecule has 1 N–H and O–H groups in total. The number of rotatable bonds is 4. The zero-order valence-electron chi connectivity index (χ0n) is 14.1. The van der Waals surface area contributed by atoms with E-state index in [4.69, 9.17) is 9.47 Å². The summed E-state index contributed by atoms with van der Waals surface area (Å²) >= 11 is 0. The summed E-state index contributed by atoms with van der Waals surface area (Å²) in [6.07, 6.45) is 0. The Bertz CT molecular complexity index is 772. The van der Waals surface area contributed by atoms with Crippen molar-refractivity contribution in [3.63, 3.8) is 0 Å². The number of phenols is 1. The first-order valence-corrected chi connectivity index (χ1v) is 7.86. The van der Waals surface area contributed by atoms with Gasteiger partial charge in [0.25, 0.3) is 0 Å². The van der Waals surface area contributed by atoms with Crippen LogP contribution in [0.25, 0.3) is 11.1 Å². The van der Waals surface area contributed by atoms with E-state index in [1.807, 2.05) is 43.3 Å². The van der Waals surface area contributed by atoms with Crippen LogP contribution in [-0.4, -0.2) is 43.2 Å². The number of fused-ring (bicyclic) bond motifs is 3. The summed E-state index contributed by atoms with van der Waals surface area (Å²) in [7, 11) is 3.84. The normalized spacial score (nSPS) is 18.5. The van der Waals surface area contributed by atoms with Crippen molar-refractivity contribution in [2.45, 2.75) is 12.5 Å². The van der Waals surface area contributed by atoms with Crippen LogP contribution >= 0.6 is 0 Å². The smallest absolute Gasteiger partial charge is 0.355 e. The number of esters is 1. The Morgan fingerprint density at radius 1 is 1.21 bits per heavy atom. The van der Waals surface area contributed by atoms with Crippen LogP contribution < -0.4 is 4.74 Å². The molecule has 0 aromatic heterocycles. The molecule has 3 rings (SSSR count). The third-order valence-electron chi connectivity index (χ3n) is 4.19. The Labute approximate surface area is 141 Å². The summed E-state index contributed by atoms with van der Waals surface area (Å²) in [5.74, 6) is 0.162. The van der Waals surface area contributed by atoms with Crippen molar-refractivity contribution < 1.29 is 19.4 Å². The molecule has 0 aliphatic carbocycles. The quantitative estimate of drug-likeness (QED) is 0.875. The number of phenolic OH excluding ortho intramolecular Hbond substituents is 1. The van der Waals surface area contributed by atoms with E-state index in [0.29, 0.717) is 30.0 Å². The molecular formula is C19H21NO4. The van der Waals surface area contributed by atoms with Crippen molar-refractivity contribution in [3.8, 4) is 22.6 Å². The van der Waals surface area contributed by atoms with Crippen LogP contribution in [0.4, 0.5) is 0 Å². The van der Waals surface area contributed by atoms with Gasteiger partial charge in [-0.05, 0) is 38.7 Å². The number of benzene rings is 2. The molecule has 1 heterocycles. The number of likely N-dealkylation sites (N-methyl/N-ethyl adjacent to an activating group) is 1. The van der Waals surface area contributed by atoms with Gasteiger partial charge in [-0.15, -0.1) is 0 Å². The Morgan fingerprint density at radius 2 is 1.96 bits per heavy atom. The number of carbonyl (C=O) groups is 1. The van der Waals surface area contributed by atoms with Gasteiger partial charge in [-0.2, -0.15) is 0 Å². The molecule has 0 bridgehead atoms. The Hall–Kier alpha value is -2.53. The number of aromatic hydroxyl groups is 1. The van der Waals surface area contributed by atoms with Crippen LogP contribution in [0, 0.1) is 0 Å². The van der Waals surface area contributed by atoms with E-state index >= 15 is 0 Å². The molecule has 5 heteroatoms. The first-order valence-electron chi connectivity index (χ1n) is 7.86. The first-order chi connectivity index (χ1) is 11.4. The molecule has 2 aromatic carbocycles. The van der Waals surface area contributed by atoms with Crippen molar-refractivity contribution >= 4 is 5.97 Å². The molecule has 0 amide bonds. The van der Waals surface area contributed by atoms with Crippen LogP contribution in [-0.2, 0) is 15.1 Å². The van der Waals surface area contributed by atoms with Crippen LogP contribution in [0.1, 0.15) is 12.5 Å². The lowest BCUT2D eigenvalue weighted by Crippen LogP contribution is -2.43. The second kappa shape index (κ2) is 6.17. The standard InChI is InChI=1S/C19H21NO4/c1-19(18(22)23-12-11-20(2)3)14-8-5-4-7-13(14)17-15(21)9-6-10-16(17)24-19/h4-10,21H,11-12H2,1-3H3. The van der Waals surface area contributed by atoms with Crippen molar-refractivity contribution in [1.82, 2.24) is 4.90 Å². The summed E-state index contributed by atoms with van der Waals surface area (Å²) in [5, 5.41) is 10.2. The number of carbonyl (C=O) groups excluding carboxylic acids is 1. The summed E-state index contributed by atoms with van der Waals surface area (Å²) < 4.78 is 11.4. The van der Waals surface area contributed by atoms with Gasteiger partial charge < -0.3 is 19.5 Å². The van der Waals surface area contributed by atoms with E-state index in [2.05, 4.69) is 0 Å². The van der Waals surface area contributed by atoms with Crippen LogP contribution in [0.5, 0.6) is 11.5 Å². The van der Waals surface area contributed by atoms with Gasteiger partial charge in [-0.3, -0.25) is 0 Å². The zero-order chi connectivity index (χ0) is 17.3. The number of hydrogen-bond acceptors (Lipinski definition) is 5. The van der Waals surface area contributed by atoms with Gasteiger partial charge in [-0.25, -0.2) is 4.79 Å². The summed E-state index contributed by atoms with van der Waals surface area (Å²) in [4.78, 5) is 14.7. The molecule has 1 aliphatic heterocycles. The predicted molar refractivity (Wildman–Crippen MR) is 91.0 cm³/mol. The SMILES string of the molecule is CN(C)CCOC(=O)C1(C)Oc2cccc(O)c2-c2ccccc21. The van der Waals surface area contributed by atoms with Gasteiger partial charge in [0.2, 0.25) is 5.60 Å². The van der Waals surface area contributed by atoms with Crippen molar-refractivity contribution in [2.24, 2.45) is 0 Å². The van der Waals surface area contributed by atoms with Gasteiger partial charge in [-0.1, -0.05) is 30.3 Å². The topological polar surface area (TPSA) is 59.0 Å². The monoisotopic (exact) mass is 327 g/mol. The molecule has 1 atom stereocenters. The van der Waals surface area contributed by atoms with E-state index in [1.165, 1.54) is 0 Å². The molecule has 126 valence electrons. The van der Waals surface area contributed by atoms with Gasteiger partial charge in [0.15, 0.2) is 0 Å². The largest absolute Gasteiger partial charge is 0.507 e. The average Bonchev–Trinajstić information content (AvgIpc) is 2.54. The summed E-state index contributed by atoms with van der Waals surface area (Å²) in [6, 6.07) is 12.5. The minimum atomic E-state index is -1.25. The fourth-order valence-corrected chi connectivity index (χ4v) is 2.88. The highest BCUT2D eigenvalue weighted by molar-refractivity contribution is 5.90. The van der Waals surface area contributed by atoms with Crippen molar-refractivity contribution in [3.05, 3.63) is 48.0 Å². The second-order valence-corrected chi connectivity index (χ2v) is 6.27. The maximum atomic E-state index is 12.7. The lowest BCUT2D eigenvalue weighted by molar-refractivity contribution is -0.162. The predicted octanol–water partition coefficient (Wildman–Crippen LogP) is 2.77. The number of nitrogens with zero attached hydrogens (tertiary/aromatic N) is 1. The lowest BCUT2D eigenvalue weighted by Gasteiger charge is -2.35. The Morgan fingerprint density at radius 3 is 2.71 bits per heavy atom. The van der Waals surface area contributed by atoms with E-state index in [1.54, 1.807) is 25.1 Å². The molecule has 0 fully saturated rings. The van der Waals surface area contributed by atoms with Crippen LogP contribution in [0.15, 0.2) is 42.5 Å². The Balaban J connectivity index is 2.00. The second-order valence-electron chi connectivity index (χ2n) is 6.27.